The fraction of sp³-hybridized carbons (Fsp3) is 0.692. The van der Waals surface area contributed by atoms with Gasteiger partial charge in [-0.15, -0.1) is 0 Å². The van der Waals surface area contributed by atoms with E-state index in [1.54, 1.807) is 6.26 Å². The van der Waals surface area contributed by atoms with E-state index in [9.17, 15) is 5.11 Å². The zero-order chi connectivity index (χ0) is 11.8. The van der Waals surface area contributed by atoms with Gasteiger partial charge in [-0.1, -0.05) is 13.8 Å². The van der Waals surface area contributed by atoms with Gasteiger partial charge in [0.1, 0.15) is 19.5 Å². The van der Waals surface area contributed by atoms with Gasteiger partial charge in [0.25, 0.3) is 0 Å². The second kappa shape index (κ2) is 4.13. The minimum atomic E-state index is -0.338. The Balaban J connectivity index is 2.40. The molecule has 1 N–H and O–H groups in total. The lowest BCUT2D eigenvalue weighted by Crippen LogP contribution is -2.30. The SMILES string of the molecule is CC1=C(C2=COCCO2)C(C)(C)CCC1O. The lowest BCUT2D eigenvalue weighted by molar-refractivity contribution is 0.0783. The van der Waals surface area contributed by atoms with Crippen molar-refractivity contribution < 1.29 is 14.6 Å². The first-order valence-corrected chi connectivity index (χ1v) is 5.86. The van der Waals surface area contributed by atoms with Gasteiger partial charge in [-0.2, -0.15) is 0 Å². The Labute approximate surface area is 96.7 Å². The molecule has 1 atom stereocenters. The number of aliphatic hydroxyl groups is 1. The highest BCUT2D eigenvalue weighted by Gasteiger charge is 2.35. The molecule has 2 aliphatic rings. The third-order valence-electron chi connectivity index (χ3n) is 3.51. The molecule has 0 aromatic rings. The summed E-state index contributed by atoms with van der Waals surface area (Å²) < 4.78 is 10.9. The first kappa shape index (κ1) is 11.5. The molecule has 2 rings (SSSR count). The summed E-state index contributed by atoms with van der Waals surface area (Å²) in [6.45, 7) is 7.57. The molecule has 0 aromatic heterocycles. The minimum Gasteiger partial charge on any atom is -0.494 e. The average Bonchev–Trinajstić information content (AvgIpc) is 2.26. The van der Waals surface area contributed by atoms with Crippen LogP contribution in [0.15, 0.2) is 23.2 Å². The third-order valence-corrected chi connectivity index (χ3v) is 3.51. The van der Waals surface area contributed by atoms with Crippen molar-refractivity contribution in [2.75, 3.05) is 13.2 Å². The molecule has 0 spiro atoms. The monoisotopic (exact) mass is 224 g/mol. The van der Waals surface area contributed by atoms with Crippen LogP contribution in [0.2, 0.25) is 0 Å². The predicted molar refractivity (Wildman–Crippen MR) is 61.7 cm³/mol. The number of hydrogen-bond acceptors (Lipinski definition) is 3. The molecule has 1 unspecified atom stereocenters. The Morgan fingerprint density at radius 2 is 2.12 bits per heavy atom. The second-order valence-corrected chi connectivity index (χ2v) is 5.20. The van der Waals surface area contributed by atoms with E-state index in [1.165, 1.54) is 0 Å². The number of rotatable bonds is 1. The summed E-state index contributed by atoms with van der Waals surface area (Å²) in [7, 11) is 0. The summed E-state index contributed by atoms with van der Waals surface area (Å²) in [5, 5.41) is 9.93. The van der Waals surface area contributed by atoms with Crippen LogP contribution < -0.4 is 0 Å². The molecule has 0 saturated carbocycles. The van der Waals surface area contributed by atoms with Crippen molar-refractivity contribution in [2.45, 2.75) is 39.7 Å². The highest BCUT2D eigenvalue weighted by molar-refractivity contribution is 5.38. The van der Waals surface area contributed by atoms with Crippen molar-refractivity contribution >= 4 is 0 Å². The summed E-state index contributed by atoms with van der Waals surface area (Å²) in [6.07, 6.45) is 3.15. The van der Waals surface area contributed by atoms with Gasteiger partial charge in [0.05, 0.1) is 6.10 Å². The molecule has 16 heavy (non-hydrogen) atoms. The number of ether oxygens (including phenoxy) is 2. The molecular formula is C13H20O3. The lowest BCUT2D eigenvalue weighted by atomic mass is 9.71. The molecule has 1 heterocycles. The van der Waals surface area contributed by atoms with E-state index in [0.29, 0.717) is 13.2 Å². The van der Waals surface area contributed by atoms with E-state index in [4.69, 9.17) is 9.47 Å². The highest BCUT2D eigenvalue weighted by atomic mass is 16.6. The zero-order valence-electron chi connectivity index (χ0n) is 10.2. The molecule has 3 heteroatoms. The maximum absolute atomic E-state index is 9.93. The topological polar surface area (TPSA) is 38.7 Å². The van der Waals surface area contributed by atoms with Crippen LogP contribution in [0, 0.1) is 5.41 Å². The molecule has 0 radical (unpaired) electrons. The molecule has 90 valence electrons. The van der Waals surface area contributed by atoms with Gasteiger partial charge < -0.3 is 14.6 Å². The Morgan fingerprint density at radius 1 is 1.38 bits per heavy atom. The van der Waals surface area contributed by atoms with E-state index in [1.807, 2.05) is 6.92 Å². The summed E-state index contributed by atoms with van der Waals surface area (Å²) >= 11 is 0. The molecule has 1 aliphatic carbocycles. The van der Waals surface area contributed by atoms with E-state index in [0.717, 1.165) is 29.7 Å². The fourth-order valence-corrected chi connectivity index (χ4v) is 2.57. The summed E-state index contributed by atoms with van der Waals surface area (Å²) in [6, 6.07) is 0. The van der Waals surface area contributed by atoms with Crippen LogP contribution in [-0.2, 0) is 9.47 Å². The molecule has 0 bridgehead atoms. The van der Waals surface area contributed by atoms with Crippen LogP contribution in [-0.4, -0.2) is 24.4 Å². The van der Waals surface area contributed by atoms with Crippen LogP contribution >= 0.6 is 0 Å². The molecule has 1 aliphatic heterocycles. The number of aliphatic hydroxyl groups excluding tert-OH is 1. The molecule has 0 saturated heterocycles. The Morgan fingerprint density at radius 3 is 2.75 bits per heavy atom. The quantitative estimate of drug-likeness (QED) is 0.743. The summed E-state index contributed by atoms with van der Waals surface area (Å²) in [4.78, 5) is 0. The van der Waals surface area contributed by atoms with Crippen LogP contribution in [0.25, 0.3) is 0 Å². The maximum atomic E-state index is 9.93. The van der Waals surface area contributed by atoms with Gasteiger partial charge >= 0.3 is 0 Å². The molecule has 0 fully saturated rings. The van der Waals surface area contributed by atoms with Gasteiger partial charge in [0.15, 0.2) is 5.76 Å². The highest BCUT2D eigenvalue weighted by Crippen LogP contribution is 2.44. The van der Waals surface area contributed by atoms with Crippen molar-refractivity contribution in [2.24, 2.45) is 5.41 Å². The van der Waals surface area contributed by atoms with Gasteiger partial charge in [-0.25, -0.2) is 0 Å². The molecular weight excluding hydrogens is 204 g/mol. The van der Waals surface area contributed by atoms with Crippen molar-refractivity contribution in [3.05, 3.63) is 23.2 Å². The third kappa shape index (κ3) is 1.96. The van der Waals surface area contributed by atoms with Crippen LogP contribution in [0.5, 0.6) is 0 Å². The van der Waals surface area contributed by atoms with Crippen LogP contribution in [0.1, 0.15) is 33.6 Å². The van der Waals surface area contributed by atoms with Crippen molar-refractivity contribution in [1.82, 2.24) is 0 Å². The zero-order valence-corrected chi connectivity index (χ0v) is 10.2. The Kier molecular flexibility index (Phi) is 2.98. The van der Waals surface area contributed by atoms with Crippen LogP contribution in [0.3, 0.4) is 0 Å². The lowest BCUT2D eigenvalue weighted by Gasteiger charge is -2.38. The van der Waals surface area contributed by atoms with Gasteiger partial charge in [-0.3, -0.25) is 0 Å². The van der Waals surface area contributed by atoms with E-state index >= 15 is 0 Å². The van der Waals surface area contributed by atoms with Gasteiger partial charge in [0, 0.05) is 5.57 Å². The smallest absolute Gasteiger partial charge is 0.157 e. The summed E-state index contributed by atoms with van der Waals surface area (Å²) in [5.74, 6) is 0.799. The predicted octanol–water partition coefficient (Wildman–Crippen LogP) is 2.37. The van der Waals surface area contributed by atoms with E-state index in [2.05, 4.69) is 13.8 Å². The fourth-order valence-electron chi connectivity index (χ4n) is 2.57. The standard InChI is InChI=1S/C13H20O3/c1-9-10(14)4-5-13(2,3)12(9)11-8-15-6-7-16-11/h8,10,14H,4-7H2,1-3H3. The van der Waals surface area contributed by atoms with Crippen molar-refractivity contribution in [3.63, 3.8) is 0 Å². The number of hydrogen-bond donors (Lipinski definition) is 1. The number of allylic oxidation sites excluding steroid dienone is 1. The largest absolute Gasteiger partial charge is 0.494 e. The first-order valence-electron chi connectivity index (χ1n) is 5.86. The summed E-state index contributed by atoms with van der Waals surface area (Å²) in [5.41, 5.74) is 2.19. The minimum absolute atomic E-state index is 0.0514. The Bertz CT molecular complexity index is 339. The Hall–Kier alpha value is -0.960. The van der Waals surface area contributed by atoms with E-state index in [-0.39, 0.29) is 11.5 Å². The van der Waals surface area contributed by atoms with Crippen molar-refractivity contribution in [3.8, 4) is 0 Å². The van der Waals surface area contributed by atoms with Crippen molar-refractivity contribution in [1.29, 1.82) is 0 Å². The molecule has 0 amide bonds. The van der Waals surface area contributed by atoms with Crippen LogP contribution in [0.4, 0.5) is 0 Å². The van der Waals surface area contributed by atoms with Gasteiger partial charge in [0.2, 0.25) is 0 Å². The second-order valence-electron chi connectivity index (χ2n) is 5.20. The molecule has 3 nitrogen and oxygen atoms in total. The average molecular weight is 224 g/mol. The van der Waals surface area contributed by atoms with E-state index < -0.39 is 0 Å². The molecule has 0 aromatic carbocycles. The maximum Gasteiger partial charge on any atom is 0.157 e. The first-order chi connectivity index (χ1) is 7.52. The normalized spacial score (nSPS) is 29.2. The van der Waals surface area contributed by atoms with Gasteiger partial charge in [-0.05, 0) is 30.8 Å².